The number of hydrogen-bond acceptors (Lipinski definition) is 1. The van der Waals surface area contributed by atoms with Crippen molar-refractivity contribution in [2.45, 2.75) is 26.7 Å². The highest BCUT2D eigenvalue weighted by Crippen LogP contribution is 1.76. The Balaban J connectivity index is -0.0000000720. The van der Waals surface area contributed by atoms with Crippen molar-refractivity contribution in [3.63, 3.8) is 0 Å². The summed E-state index contributed by atoms with van der Waals surface area (Å²) < 4.78 is 0. The maximum atomic E-state index is 8.56. The Morgan fingerprint density at radius 2 is 1.33 bits per heavy atom. The van der Waals surface area contributed by atoms with Gasteiger partial charge in [0.15, 0.2) is 0 Å². The van der Waals surface area contributed by atoms with E-state index in [-0.39, 0.29) is 13.5 Å². The van der Waals surface area contributed by atoms with E-state index in [4.69, 9.17) is 15.0 Å². The van der Waals surface area contributed by atoms with Crippen LogP contribution in [0.25, 0.3) is 0 Å². The molecule has 0 saturated heterocycles. The van der Waals surface area contributed by atoms with E-state index < -0.39 is 6.16 Å². The molecule has 0 aromatic rings. The van der Waals surface area contributed by atoms with Crippen LogP contribution in [0.3, 0.4) is 0 Å². The molecule has 0 bridgehead atoms. The molecule has 0 rings (SSSR count). The molecule has 0 aliphatic heterocycles. The molecule has 9 heavy (non-hydrogen) atoms. The highest BCUT2D eigenvalue weighted by Gasteiger charge is 1.70. The van der Waals surface area contributed by atoms with E-state index >= 15 is 0 Å². The van der Waals surface area contributed by atoms with E-state index in [1.807, 2.05) is 0 Å². The van der Waals surface area contributed by atoms with Gasteiger partial charge in [-0.2, -0.15) is 13.5 Å². The molecule has 58 valence electrons. The summed E-state index contributed by atoms with van der Waals surface area (Å²) in [4.78, 5) is 8.56. The van der Waals surface area contributed by atoms with E-state index in [9.17, 15) is 0 Å². The first kappa shape index (κ1) is 15.8. The van der Waals surface area contributed by atoms with Gasteiger partial charge >= 0.3 is 6.16 Å². The van der Waals surface area contributed by atoms with Crippen LogP contribution in [-0.2, 0) is 0 Å². The summed E-state index contributed by atoms with van der Waals surface area (Å²) in [7, 11) is 0. The van der Waals surface area contributed by atoms with Crippen LogP contribution in [0.2, 0.25) is 0 Å². The van der Waals surface area contributed by atoms with Gasteiger partial charge in [0.05, 0.1) is 0 Å². The first-order valence-corrected chi connectivity index (χ1v) is 2.57. The highest BCUT2D eigenvalue weighted by atomic mass is 32.1. The lowest BCUT2D eigenvalue weighted by atomic mass is 10.4. The zero-order valence-electron chi connectivity index (χ0n) is 5.72. The van der Waals surface area contributed by atoms with Crippen LogP contribution in [0.5, 0.6) is 0 Å². The van der Waals surface area contributed by atoms with Gasteiger partial charge in [-0.1, -0.05) is 26.7 Å². The summed E-state index contributed by atoms with van der Waals surface area (Å²) >= 11 is 0. The molecule has 4 heteroatoms. The fourth-order valence-electron chi connectivity index (χ4n) is 0. The predicted octanol–water partition coefficient (Wildman–Crippen LogP) is 2.14. The molecule has 0 aliphatic rings. The summed E-state index contributed by atoms with van der Waals surface area (Å²) in [6, 6.07) is 0. The molecule has 0 heterocycles. The normalized spacial score (nSPS) is 6.00. The second kappa shape index (κ2) is 15.6. The van der Waals surface area contributed by atoms with Gasteiger partial charge in [0, 0.05) is 0 Å². The van der Waals surface area contributed by atoms with Crippen molar-refractivity contribution in [2.24, 2.45) is 0 Å². The molecule has 0 saturated carbocycles. The predicted molar refractivity (Wildman–Crippen MR) is 41.6 cm³/mol. The Hall–Kier alpha value is -0.380. The molecule has 0 fully saturated rings. The lowest BCUT2D eigenvalue weighted by Gasteiger charge is -1.68. The summed E-state index contributed by atoms with van der Waals surface area (Å²) in [6.45, 7) is 4.36. The van der Waals surface area contributed by atoms with Crippen molar-refractivity contribution in [2.75, 3.05) is 0 Å². The minimum Gasteiger partial charge on any atom is -0.450 e. The average Bonchev–Trinajstić information content (AvgIpc) is 1.65. The first-order chi connectivity index (χ1) is 3.65. The largest absolute Gasteiger partial charge is 0.503 e. The van der Waals surface area contributed by atoms with Gasteiger partial charge in [0.2, 0.25) is 0 Å². The molecular weight excluding hydrogens is 140 g/mol. The standard InChI is InChI=1S/C4H10.CH2O3.H2S/c1-3-4-2;2-1(3)4;/h3-4H2,1-2H3;(H2,2,3,4);1H2. The summed E-state index contributed by atoms with van der Waals surface area (Å²) in [5.41, 5.74) is 0. The van der Waals surface area contributed by atoms with Crippen molar-refractivity contribution in [1.29, 1.82) is 0 Å². The summed E-state index contributed by atoms with van der Waals surface area (Å²) in [5, 5.41) is 13.9. The summed E-state index contributed by atoms with van der Waals surface area (Å²) in [5.74, 6) is 0. The molecule has 0 amide bonds. The zero-order chi connectivity index (χ0) is 6.99. The Labute approximate surface area is 62.1 Å². The van der Waals surface area contributed by atoms with Gasteiger partial charge in [-0.05, 0) is 0 Å². The van der Waals surface area contributed by atoms with Crippen LogP contribution < -0.4 is 0 Å². The third kappa shape index (κ3) is 626. The minimum absolute atomic E-state index is 0. The van der Waals surface area contributed by atoms with Gasteiger partial charge in [0.1, 0.15) is 0 Å². The topological polar surface area (TPSA) is 57.5 Å². The molecule has 0 spiro atoms. The van der Waals surface area contributed by atoms with E-state index in [0.29, 0.717) is 0 Å². The van der Waals surface area contributed by atoms with Crippen molar-refractivity contribution >= 4 is 19.7 Å². The van der Waals surface area contributed by atoms with Crippen molar-refractivity contribution in [1.82, 2.24) is 0 Å². The molecule has 0 aliphatic carbocycles. The van der Waals surface area contributed by atoms with Gasteiger partial charge in [-0.15, -0.1) is 0 Å². The van der Waals surface area contributed by atoms with Crippen LogP contribution in [0.4, 0.5) is 4.79 Å². The number of rotatable bonds is 1. The van der Waals surface area contributed by atoms with Crippen molar-refractivity contribution in [3.8, 4) is 0 Å². The second-order valence-corrected chi connectivity index (χ2v) is 1.28. The quantitative estimate of drug-likeness (QED) is 0.608. The van der Waals surface area contributed by atoms with Crippen LogP contribution in [0.15, 0.2) is 0 Å². The Morgan fingerprint density at radius 1 is 1.22 bits per heavy atom. The smallest absolute Gasteiger partial charge is 0.450 e. The number of hydrogen-bond donors (Lipinski definition) is 2. The minimum atomic E-state index is -1.83. The number of unbranched alkanes of at least 4 members (excludes halogenated alkanes) is 1. The molecule has 0 atom stereocenters. The Kier molecular flexibility index (Phi) is 27.5. The highest BCUT2D eigenvalue weighted by molar-refractivity contribution is 7.59. The third-order valence-electron chi connectivity index (χ3n) is 0.500. The molecule has 0 radical (unpaired) electrons. The number of carbonyl (C=O) groups is 1. The molecular formula is C5H14O3S. The Bertz CT molecular complexity index is 50.2. The van der Waals surface area contributed by atoms with E-state index in [1.54, 1.807) is 0 Å². The maximum absolute atomic E-state index is 8.56. The fourth-order valence-corrected chi connectivity index (χ4v) is 0. The first-order valence-electron chi connectivity index (χ1n) is 2.57. The lowest BCUT2D eigenvalue weighted by Crippen LogP contribution is -1.81. The monoisotopic (exact) mass is 154 g/mol. The fraction of sp³-hybridized carbons (Fsp3) is 0.800. The molecule has 0 aromatic heterocycles. The van der Waals surface area contributed by atoms with Crippen LogP contribution >= 0.6 is 13.5 Å². The van der Waals surface area contributed by atoms with Gasteiger partial charge in [-0.25, -0.2) is 4.79 Å². The molecule has 3 nitrogen and oxygen atoms in total. The Morgan fingerprint density at radius 3 is 1.33 bits per heavy atom. The van der Waals surface area contributed by atoms with Crippen LogP contribution in [0, 0.1) is 0 Å². The summed E-state index contributed by atoms with van der Waals surface area (Å²) in [6.07, 6.45) is 0.806. The molecule has 2 N–H and O–H groups in total. The average molecular weight is 154 g/mol. The zero-order valence-corrected chi connectivity index (χ0v) is 6.72. The molecule has 0 aromatic carbocycles. The van der Waals surface area contributed by atoms with Crippen molar-refractivity contribution in [3.05, 3.63) is 0 Å². The van der Waals surface area contributed by atoms with Gasteiger partial charge in [-0.3, -0.25) is 0 Å². The van der Waals surface area contributed by atoms with Crippen LogP contribution in [0.1, 0.15) is 26.7 Å². The van der Waals surface area contributed by atoms with Crippen LogP contribution in [-0.4, -0.2) is 16.4 Å². The molecule has 0 unspecified atom stereocenters. The van der Waals surface area contributed by atoms with Crippen molar-refractivity contribution < 1.29 is 15.0 Å². The van der Waals surface area contributed by atoms with Gasteiger partial charge in [0.25, 0.3) is 0 Å². The second-order valence-electron chi connectivity index (χ2n) is 1.28. The maximum Gasteiger partial charge on any atom is 0.503 e. The van der Waals surface area contributed by atoms with E-state index in [1.165, 1.54) is 12.8 Å². The van der Waals surface area contributed by atoms with Gasteiger partial charge < -0.3 is 10.2 Å². The van der Waals surface area contributed by atoms with E-state index in [0.717, 1.165) is 0 Å². The lowest BCUT2D eigenvalue weighted by molar-refractivity contribution is 0.137. The SMILES string of the molecule is CCCC.O=C(O)O.S. The van der Waals surface area contributed by atoms with E-state index in [2.05, 4.69) is 13.8 Å². The number of carboxylic acid groups (broad SMARTS) is 2. The third-order valence-corrected chi connectivity index (χ3v) is 0.500.